The summed E-state index contributed by atoms with van der Waals surface area (Å²) in [6, 6.07) is 5.12. The lowest BCUT2D eigenvalue weighted by Crippen LogP contribution is -2.49. The Kier molecular flexibility index (Phi) is 3.53. The number of fused-ring (bicyclic) bond motifs is 1. The number of Topliss-reactive ketones (excluding diaryl/α,β-unsaturated/α-hetero) is 1. The summed E-state index contributed by atoms with van der Waals surface area (Å²) in [4.78, 5) is 12.4. The van der Waals surface area contributed by atoms with Crippen LogP contribution in [0.3, 0.4) is 0 Å². The van der Waals surface area contributed by atoms with E-state index in [0.29, 0.717) is 23.3 Å². The van der Waals surface area contributed by atoms with Crippen LogP contribution in [-0.4, -0.2) is 39.1 Å². The molecule has 0 aromatic heterocycles. The Morgan fingerprint density at radius 2 is 2.00 bits per heavy atom. The van der Waals surface area contributed by atoms with Gasteiger partial charge >= 0.3 is 0 Å². The van der Waals surface area contributed by atoms with Gasteiger partial charge in [0, 0.05) is 19.1 Å². The summed E-state index contributed by atoms with van der Waals surface area (Å²) in [5.41, 5.74) is 0.767. The number of piperidine rings is 1. The SMILES string of the molecule is CS(=O)(=O)Cc1ccc2c(c1)C(=O)CC1(CCNCC1)O2. The molecule has 0 amide bonds. The second kappa shape index (κ2) is 5.10. The van der Waals surface area contributed by atoms with Crippen LogP contribution in [-0.2, 0) is 15.6 Å². The number of carbonyl (C=O) groups excluding carboxylic acids is 1. The van der Waals surface area contributed by atoms with Crippen LogP contribution in [0.5, 0.6) is 5.75 Å². The lowest BCUT2D eigenvalue weighted by Gasteiger charge is -2.41. The van der Waals surface area contributed by atoms with Gasteiger partial charge in [0.2, 0.25) is 0 Å². The molecular formula is C15H19NO4S. The maximum Gasteiger partial charge on any atom is 0.170 e. The van der Waals surface area contributed by atoms with Crippen molar-refractivity contribution in [3.8, 4) is 5.75 Å². The zero-order valence-electron chi connectivity index (χ0n) is 12.0. The number of benzene rings is 1. The van der Waals surface area contributed by atoms with E-state index in [1.54, 1.807) is 18.2 Å². The molecular weight excluding hydrogens is 290 g/mol. The molecule has 0 saturated carbocycles. The van der Waals surface area contributed by atoms with Crippen molar-refractivity contribution in [2.75, 3.05) is 19.3 Å². The lowest BCUT2D eigenvalue weighted by molar-refractivity contribution is 0.0187. The van der Waals surface area contributed by atoms with Gasteiger partial charge in [0.1, 0.15) is 11.4 Å². The Hall–Kier alpha value is -1.40. The number of nitrogens with one attached hydrogen (secondary N) is 1. The first-order valence-corrected chi connectivity index (χ1v) is 9.17. The molecule has 2 aliphatic heterocycles. The number of hydrogen-bond donors (Lipinski definition) is 1. The summed E-state index contributed by atoms with van der Waals surface area (Å²) >= 11 is 0. The van der Waals surface area contributed by atoms with Gasteiger partial charge in [0.25, 0.3) is 0 Å². The van der Waals surface area contributed by atoms with Crippen molar-refractivity contribution in [2.45, 2.75) is 30.6 Å². The van der Waals surface area contributed by atoms with E-state index in [4.69, 9.17) is 4.74 Å². The van der Waals surface area contributed by atoms with E-state index >= 15 is 0 Å². The van der Waals surface area contributed by atoms with E-state index < -0.39 is 9.84 Å². The molecule has 1 saturated heterocycles. The molecule has 0 bridgehead atoms. The molecule has 1 aromatic rings. The van der Waals surface area contributed by atoms with Crippen molar-refractivity contribution in [3.63, 3.8) is 0 Å². The number of sulfone groups is 1. The first-order valence-electron chi connectivity index (χ1n) is 7.11. The summed E-state index contributed by atoms with van der Waals surface area (Å²) < 4.78 is 28.8. The van der Waals surface area contributed by atoms with Gasteiger partial charge in [-0.1, -0.05) is 6.07 Å². The Morgan fingerprint density at radius 1 is 1.29 bits per heavy atom. The van der Waals surface area contributed by atoms with Crippen LogP contribution in [0.2, 0.25) is 0 Å². The third-order valence-electron chi connectivity index (χ3n) is 4.10. The van der Waals surface area contributed by atoms with E-state index in [2.05, 4.69) is 5.32 Å². The molecule has 0 atom stereocenters. The van der Waals surface area contributed by atoms with Crippen LogP contribution >= 0.6 is 0 Å². The molecule has 1 N–H and O–H groups in total. The maximum absolute atomic E-state index is 12.4. The fraction of sp³-hybridized carbons (Fsp3) is 0.533. The van der Waals surface area contributed by atoms with Gasteiger partial charge in [0.05, 0.1) is 17.7 Å². The molecule has 1 aromatic carbocycles. The minimum absolute atomic E-state index is 0.0495. The highest BCUT2D eigenvalue weighted by atomic mass is 32.2. The van der Waals surface area contributed by atoms with E-state index in [1.807, 2.05) is 0 Å². The fourth-order valence-electron chi connectivity index (χ4n) is 3.09. The molecule has 6 heteroatoms. The van der Waals surface area contributed by atoms with Crippen LogP contribution in [0, 0.1) is 0 Å². The summed E-state index contributed by atoms with van der Waals surface area (Å²) in [6.07, 6.45) is 3.21. The van der Waals surface area contributed by atoms with Crippen molar-refractivity contribution < 1.29 is 17.9 Å². The van der Waals surface area contributed by atoms with Crippen LogP contribution < -0.4 is 10.1 Å². The van der Waals surface area contributed by atoms with Gasteiger partial charge in [-0.3, -0.25) is 4.79 Å². The molecule has 5 nitrogen and oxygen atoms in total. The quantitative estimate of drug-likeness (QED) is 0.892. The summed E-state index contributed by atoms with van der Waals surface area (Å²) in [5.74, 6) is 0.585. The van der Waals surface area contributed by atoms with E-state index in [0.717, 1.165) is 25.9 Å². The van der Waals surface area contributed by atoms with Crippen molar-refractivity contribution in [3.05, 3.63) is 29.3 Å². The van der Waals surface area contributed by atoms with Gasteiger partial charge in [-0.15, -0.1) is 0 Å². The molecule has 2 heterocycles. The monoisotopic (exact) mass is 309 g/mol. The summed E-state index contributed by atoms with van der Waals surface area (Å²) in [6.45, 7) is 1.71. The van der Waals surface area contributed by atoms with E-state index in [1.165, 1.54) is 6.26 Å². The van der Waals surface area contributed by atoms with Gasteiger partial charge in [-0.05, 0) is 30.8 Å². The van der Waals surface area contributed by atoms with Gasteiger partial charge in [0.15, 0.2) is 15.6 Å². The Labute approximate surface area is 124 Å². The second-order valence-electron chi connectivity index (χ2n) is 6.04. The number of rotatable bonds is 2. The van der Waals surface area contributed by atoms with Gasteiger partial charge in [-0.25, -0.2) is 8.42 Å². The van der Waals surface area contributed by atoms with E-state index in [-0.39, 0.29) is 17.1 Å². The molecule has 0 aliphatic carbocycles. The number of hydrogen-bond acceptors (Lipinski definition) is 5. The van der Waals surface area contributed by atoms with Gasteiger partial charge < -0.3 is 10.1 Å². The summed E-state index contributed by atoms with van der Waals surface area (Å²) in [7, 11) is -3.11. The van der Waals surface area contributed by atoms with Crippen LogP contribution in [0.1, 0.15) is 35.2 Å². The fourth-order valence-corrected chi connectivity index (χ4v) is 3.88. The third-order valence-corrected chi connectivity index (χ3v) is 4.95. The smallest absolute Gasteiger partial charge is 0.170 e. The predicted molar refractivity (Wildman–Crippen MR) is 79.4 cm³/mol. The molecule has 1 fully saturated rings. The highest BCUT2D eigenvalue weighted by Crippen LogP contribution is 2.38. The topological polar surface area (TPSA) is 72.5 Å². The van der Waals surface area contributed by atoms with Gasteiger partial charge in [-0.2, -0.15) is 0 Å². The Bertz CT molecular complexity index is 675. The Morgan fingerprint density at radius 3 is 2.67 bits per heavy atom. The first-order chi connectivity index (χ1) is 9.87. The third kappa shape index (κ3) is 3.11. The maximum atomic E-state index is 12.4. The largest absolute Gasteiger partial charge is 0.486 e. The number of carbonyl (C=O) groups is 1. The number of ether oxygens (including phenoxy) is 1. The van der Waals surface area contributed by atoms with Crippen LogP contribution in [0.15, 0.2) is 18.2 Å². The van der Waals surface area contributed by atoms with Crippen molar-refractivity contribution >= 4 is 15.6 Å². The predicted octanol–water partition coefficient (Wildman–Crippen LogP) is 1.32. The molecule has 0 radical (unpaired) electrons. The molecule has 21 heavy (non-hydrogen) atoms. The normalized spacial score (nSPS) is 20.9. The molecule has 2 aliphatic rings. The van der Waals surface area contributed by atoms with Crippen LogP contribution in [0.25, 0.3) is 0 Å². The number of ketones is 1. The first kappa shape index (κ1) is 14.5. The average Bonchev–Trinajstić information content (AvgIpc) is 2.39. The van der Waals surface area contributed by atoms with Crippen molar-refractivity contribution in [1.29, 1.82) is 0 Å². The zero-order valence-corrected chi connectivity index (χ0v) is 12.8. The second-order valence-corrected chi connectivity index (χ2v) is 8.18. The lowest BCUT2D eigenvalue weighted by atomic mass is 9.83. The van der Waals surface area contributed by atoms with Crippen molar-refractivity contribution in [2.24, 2.45) is 0 Å². The average molecular weight is 309 g/mol. The molecule has 0 unspecified atom stereocenters. The van der Waals surface area contributed by atoms with Crippen LogP contribution in [0.4, 0.5) is 0 Å². The van der Waals surface area contributed by atoms with Crippen molar-refractivity contribution in [1.82, 2.24) is 5.32 Å². The molecule has 1 spiro atoms. The zero-order chi connectivity index (χ0) is 15.1. The highest BCUT2D eigenvalue weighted by molar-refractivity contribution is 7.89. The highest BCUT2D eigenvalue weighted by Gasteiger charge is 2.41. The minimum atomic E-state index is -3.11. The minimum Gasteiger partial charge on any atom is -0.486 e. The summed E-state index contributed by atoms with van der Waals surface area (Å²) in [5, 5.41) is 3.27. The van der Waals surface area contributed by atoms with E-state index in [9.17, 15) is 13.2 Å². The Balaban J connectivity index is 1.91. The standard InChI is InChI=1S/C15H19NO4S/c1-21(18,19)10-11-2-3-14-12(8-11)13(17)9-15(20-14)4-6-16-7-5-15/h2-3,8,16H,4-7,9-10H2,1H3. The molecule has 3 rings (SSSR count). The molecule has 114 valence electrons.